The Morgan fingerprint density at radius 1 is 1.61 bits per heavy atom. The lowest BCUT2D eigenvalue weighted by atomic mass is 10.00. The summed E-state index contributed by atoms with van der Waals surface area (Å²) in [6.07, 6.45) is 3.49. The predicted molar refractivity (Wildman–Crippen MR) is 68.6 cm³/mol. The summed E-state index contributed by atoms with van der Waals surface area (Å²) in [6.45, 7) is 5.01. The number of halogens is 2. The van der Waals surface area contributed by atoms with Crippen LogP contribution in [0.15, 0.2) is 41.3 Å². The van der Waals surface area contributed by atoms with Gasteiger partial charge in [-0.1, -0.05) is 12.5 Å². The molecule has 0 aromatic rings. The molecule has 18 heavy (non-hydrogen) atoms. The van der Waals surface area contributed by atoms with Gasteiger partial charge in [0.2, 0.25) is 0 Å². The number of rotatable bonds is 4. The Morgan fingerprint density at radius 2 is 2.44 bits per heavy atom. The van der Waals surface area contributed by atoms with Crippen LogP contribution >= 0.6 is 0 Å². The zero-order valence-electron chi connectivity index (χ0n) is 9.92. The van der Waals surface area contributed by atoms with Gasteiger partial charge in [0.25, 0.3) is 0 Å². The van der Waals surface area contributed by atoms with Crippen LogP contribution < -0.4 is 5.32 Å². The van der Waals surface area contributed by atoms with Crippen LogP contribution in [0, 0.1) is 17.8 Å². The second-order valence-electron chi connectivity index (χ2n) is 4.26. The van der Waals surface area contributed by atoms with Crippen LogP contribution in [0.2, 0.25) is 0 Å². The molecule has 1 aliphatic carbocycles. The van der Waals surface area contributed by atoms with Gasteiger partial charge in [-0.15, -0.1) is 0 Å². The minimum Gasteiger partial charge on any atom is -0.391 e. The number of hydrogen-bond donors (Lipinski definition) is 1. The number of nitrogens with one attached hydrogen (secondary N) is 1. The Hall–Kier alpha value is -1.89. The largest absolute Gasteiger partial charge is 0.391 e. The second kappa shape index (κ2) is 5.63. The summed E-state index contributed by atoms with van der Waals surface area (Å²) in [4.78, 5) is 4.34. The molecular formula is C14H14F2N2. The summed E-state index contributed by atoms with van der Waals surface area (Å²) in [5.74, 6) is 4.04. The minimum atomic E-state index is -1.43. The lowest BCUT2D eigenvalue weighted by molar-refractivity contribution is 0.481. The molecule has 1 aliphatic heterocycles. The van der Waals surface area contributed by atoms with Crippen LogP contribution in [0.3, 0.4) is 0 Å². The van der Waals surface area contributed by atoms with E-state index in [1.165, 1.54) is 12.2 Å². The van der Waals surface area contributed by atoms with Gasteiger partial charge < -0.3 is 5.32 Å². The zero-order chi connectivity index (χ0) is 13.0. The van der Waals surface area contributed by atoms with Crippen molar-refractivity contribution < 1.29 is 8.78 Å². The average Bonchev–Trinajstić information content (AvgIpc) is 2.75. The van der Waals surface area contributed by atoms with Crippen molar-refractivity contribution in [2.45, 2.75) is 12.6 Å². The van der Waals surface area contributed by atoms with Crippen LogP contribution in [0.4, 0.5) is 8.78 Å². The first kappa shape index (κ1) is 12.6. The van der Waals surface area contributed by atoms with Crippen LogP contribution in [0.25, 0.3) is 0 Å². The molecule has 0 spiro atoms. The van der Waals surface area contributed by atoms with Crippen LogP contribution in [-0.2, 0) is 0 Å². The molecule has 2 nitrogen and oxygen atoms in total. The van der Waals surface area contributed by atoms with E-state index in [4.69, 9.17) is 0 Å². The first-order valence-corrected chi connectivity index (χ1v) is 5.81. The van der Waals surface area contributed by atoms with Gasteiger partial charge in [-0.3, -0.25) is 4.99 Å². The molecule has 2 rings (SSSR count). The summed E-state index contributed by atoms with van der Waals surface area (Å²) in [5, 5.41) is 3.03. The number of aliphatic imine (C=N–C) groups is 1. The Balaban J connectivity index is 2.05. The number of alkyl halides is 1. The fourth-order valence-electron chi connectivity index (χ4n) is 1.98. The van der Waals surface area contributed by atoms with Crippen molar-refractivity contribution in [2.24, 2.45) is 10.9 Å². The molecule has 0 saturated heterocycles. The minimum absolute atomic E-state index is 0.345. The standard InChI is InChI=1S/C14H14F2N2/c1-2-17-8-10-5-14(18-9-10)11-6-12(15)3-4-13(16)7-11/h2,6-7,10,12,17H,1,5,8-9H2. The lowest BCUT2D eigenvalue weighted by Crippen LogP contribution is -2.18. The molecule has 0 radical (unpaired) electrons. The fraction of sp³-hybridized carbons (Fsp3) is 0.357. The topological polar surface area (TPSA) is 24.4 Å². The third-order valence-electron chi connectivity index (χ3n) is 2.84. The number of nitrogens with zero attached hydrogens (tertiary/aromatic N) is 1. The summed E-state index contributed by atoms with van der Waals surface area (Å²) in [7, 11) is 0. The molecule has 4 heteroatoms. The highest BCUT2D eigenvalue weighted by Gasteiger charge is 2.21. The molecule has 2 unspecified atom stereocenters. The van der Waals surface area contributed by atoms with Crippen molar-refractivity contribution in [2.75, 3.05) is 13.1 Å². The van der Waals surface area contributed by atoms with Gasteiger partial charge in [0.05, 0.1) is 0 Å². The van der Waals surface area contributed by atoms with E-state index in [1.807, 2.05) is 0 Å². The average molecular weight is 248 g/mol. The molecule has 0 bridgehead atoms. The Labute approximate surface area is 105 Å². The van der Waals surface area contributed by atoms with Crippen LogP contribution in [0.5, 0.6) is 0 Å². The first-order valence-electron chi connectivity index (χ1n) is 5.81. The second-order valence-corrected chi connectivity index (χ2v) is 4.26. The Bertz CT molecular complexity index is 492. The van der Waals surface area contributed by atoms with Gasteiger partial charge in [-0.25, -0.2) is 4.39 Å². The molecule has 0 aromatic carbocycles. The SMILES string of the molecule is C=CNCC1CN=C(C2=CC(F)C#CC(F)=C2)C1. The van der Waals surface area contributed by atoms with E-state index in [-0.39, 0.29) is 0 Å². The van der Waals surface area contributed by atoms with E-state index >= 15 is 0 Å². The highest BCUT2D eigenvalue weighted by molar-refractivity contribution is 6.04. The molecule has 0 aromatic heterocycles. The van der Waals surface area contributed by atoms with Crippen molar-refractivity contribution >= 4 is 5.71 Å². The first-order chi connectivity index (χ1) is 8.69. The molecular weight excluding hydrogens is 234 g/mol. The molecule has 94 valence electrons. The molecule has 0 fully saturated rings. The highest BCUT2D eigenvalue weighted by atomic mass is 19.1. The maximum atomic E-state index is 13.3. The molecule has 0 saturated carbocycles. The van der Waals surface area contributed by atoms with E-state index in [1.54, 1.807) is 6.20 Å². The van der Waals surface area contributed by atoms with Crippen LogP contribution in [0.1, 0.15) is 6.42 Å². The molecule has 2 atom stereocenters. The molecule has 1 N–H and O–H groups in total. The van der Waals surface area contributed by atoms with Crippen molar-refractivity contribution in [1.82, 2.24) is 5.32 Å². The maximum absolute atomic E-state index is 13.3. The normalized spacial score (nSPS) is 26.2. The van der Waals surface area contributed by atoms with Gasteiger partial charge in [-0.2, -0.15) is 4.39 Å². The third kappa shape index (κ3) is 3.07. The van der Waals surface area contributed by atoms with Crippen LogP contribution in [-0.4, -0.2) is 25.0 Å². The molecule has 2 aliphatic rings. The van der Waals surface area contributed by atoms with E-state index in [9.17, 15) is 8.78 Å². The van der Waals surface area contributed by atoms with Crippen molar-refractivity contribution in [3.63, 3.8) is 0 Å². The van der Waals surface area contributed by atoms with Crippen molar-refractivity contribution in [3.05, 3.63) is 36.3 Å². The monoisotopic (exact) mass is 248 g/mol. The van der Waals surface area contributed by atoms with Crippen molar-refractivity contribution in [3.8, 4) is 11.8 Å². The summed E-state index contributed by atoms with van der Waals surface area (Å²) in [5.41, 5.74) is 1.24. The lowest BCUT2D eigenvalue weighted by Gasteiger charge is -2.08. The highest BCUT2D eigenvalue weighted by Crippen LogP contribution is 2.21. The summed E-state index contributed by atoms with van der Waals surface area (Å²) >= 11 is 0. The van der Waals surface area contributed by atoms with Crippen molar-refractivity contribution in [1.29, 1.82) is 0 Å². The Morgan fingerprint density at radius 3 is 3.22 bits per heavy atom. The van der Waals surface area contributed by atoms with Gasteiger partial charge in [-0.05, 0) is 36.3 Å². The zero-order valence-corrected chi connectivity index (χ0v) is 9.92. The van der Waals surface area contributed by atoms with Gasteiger partial charge in [0.15, 0.2) is 12.0 Å². The molecule has 1 heterocycles. The van der Waals surface area contributed by atoms with Gasteiger partial charge >= 0.3 is 0 Å². The van der Waals surface area contributed by atoms with E-state index < -0.39 is 12.0 Å². The van der Waals surface area contributed by atoms with E-state index in [0.29, 0.717) is 24.5 Å². The third-order valence-corrected chi connectivity index (χ3v) is 2.84. The summed E-state index contributed by atoms with van der Waals surface area (Å²) in [6, 6.07) is 0. The quantitative estimate of drug-likeness (QED) is 0.759. The summed E-state index contributed by atoms with van der Waals surface area (Å²) < 4.78 is 26.5. The smallest absolute Gasteiger partial charge is 0.180 e. The molecule has 0 amide bonds. The maximum Gasteiger partial charge on any atom is 0.180 e. The number of allylic oxidation sites excluding steroid dienone is 4. The fourth-order valence-corrected chi connectivity index (χ4v) is 1.98. The van der Waals surface area contributed by atoms with Gasteiger partial charge in [0, 0.05) is 24.7 Å². The Kier molecular flexibility index (Phi) is 3.93. The van der Waals surface area contributed by atoms with E-state index in [2.05, 4.69) is 28.7 Å². The van der Waals surface area contributed by atoms with E-state index in [0.717, 1.165) is 12.3 Å². The number of hydrogen-bond acceptors (Lipinski definition) is 2. The van der Waals surface area contributed by atoms with Gasteiger partial charge in [0.1, 0.15) is 0 Å². The predicted octanol–water partition coefficient (Wildman–Crippen LogP) is 2.32.